The average molecular weight is 345 g/mol. The van der Waals surface area contributed by atoms with Crippen LogP contribution in [0.1, 0.15) is 24.0 Å². The Labute approximate surface area is 143 Å². The highest BCUT2D eigenvalue weighted by Crippen LogP contribution is 2.42. The SMILES string of the molecule is COC(=O)C1=C(C)NC2=C(C(=O)OC2)[C@H]1c1cccc(F)c1CC=O. The number of halogens is 1. The van der Waals surface area contributed by atoms with Crippen LogP contribution in [0.15, 0.2) is 40.7 Å². The second-order valence-corrected chi connectivity index (χ2v) is 5.74. The molecule has 6 nitrogen and oxygen atoms in total. The molecule has 1 N–H and O–H groups in total. The molecule has 1 aromatic rings. The molecular weight excluding hydrogens is 329 g/mol. The molecular formula is C18H16FNO5. The van der Waals surface area contributed by atoms with Gasteiger partial charge in [0.2, 0.25) is 0 Å². The summed E-state index contributed by atoms with van der Waals surface area (Å²) in [7, 11) is 1.23. The van der Waals surface area contributed by atoms with Crippen LogP contribution in [0.25, 0.3) is 0 Å². The van der Waals surface area contributed by atoms with Crippen molar-refractivity contribution >= 4 is 18.2 Å². The molecule has 0 bridgehead atoms. The number of benzene rings is 1. The number of nitrogens with one attached hydrogen (secondary N) is 1. The number of esters is 2. The van der Waals surface area contributed by atoms with Crippen LogP contribution in [0.3, 0.4) is 0 Å². The summed E-state index contributed by atoms with van der Waals surface area (Å²) in [6.45, 7) is 1.72. The van der Waals surface area contributed by atoms with Gasteiger partial charge in [-0.2, -0.15) is 0 Å². The largest absolute Gasteiger partial charge is 0.466 e. The normalized spacial score (nSPS) is 19.3. The minimum absolute atomic E-state index is 0.0504. The third-order valence-corrected chi connectivity index (χ3v) is 4.37. The molecule has 2 heterocycles. The summed E-state index contributed by atoms with van der Waals surface area (Å²) in [4.78, 5) is 35.6. The van der Waals surface area contributed by atoms with Crippen LogP contribution < -0.4 is 5.32 Å². The van der Waals surface area contributed by atoms with E-state index in [0.717, 1.165) is 0 Å². The number of aldehydes is 1. The monoisotopic (exact) mass is 345 g/mol. The number of cyclic esters (lactones) is 1. The molecule has 0 aromatic heterocycles. The number of hydrogen-bond acceptors (Lipinski definition) is 6. The summed E-state index contributed by atoms with van der Waals surface area (Å²) in [5.74, 6) is -2.65. The van der Waals surface area contributed by atoms with Crippen LogP contribution >= 0.6 is 0 Å². The van der Waals surface area contributed by atoms with E-state index in [1.807, 2.05) is 0 Å². The van der Waals surface area contributed by atoms with Gasteiger partial charge in [0.1, 0.15) is 18.7 Å². The highest BCUT2D eigenvalue weighted by atomic mass is 19.1. The van der Waals surface area contributed by atoms with Crippen molar-refractivity contribution < 1.29 is 28.2 Å². The minimum atomic E-state index is -0.857. The fraction of sp³-hybridized carbons (Fsp3) is 0.278. The highest BCUT2D eigenvalue weighted by Gasteiger charge is 2.42. The van der Waals surface area contributed by atoms with Crippen molar-refractivity contribution in [2.24, 2.45) is 0 Å². The topological polar surface area (TPSA) is 81.7 Å². The number of allylic oxidation sites excluding steroid dienone is 1. The molecule has 7 heteroatoms. The van der Waals surface area contributed by atoms with Crippen molar-refractivity contribution in [3.8, 4) is 0 Å². The minimum Gasteiger partial charge on any atom is -0.466 e. The van der Waals surface area contributed by atoms with Gasteiger partial charge in [-0.1, -0.05) is 12.1 Å². The first-order valence-corrected chi connectivity index (χ1v) is 7.66. The van der Waals surface area contributed by atoms with Gasteiger partial charge in [-0.15, -0.1) is 0 Å². The lowest BCUT2D eigenvalue weighted by atomic mass is 9.78. The van der Waals surface area contributed by atoms with Crippen molar-refractivity contribution in [2.45, 2.75) is 19.3 Å². The number of carbonyl (C=O) groups is 3. The lowest BCUT2D eigenvalue weighted by Gasteiger charge is -2.28. The smallest absolute Gasteiger partial charge is 0.337 e. The van der Waals surface area contributed by atoms with Crippen molar-refractivity contribution in [1.29, 1.82) is 0 Å². The van der Waals surface area contributed by atoms with Crippen molar-refractivity contribution in [3.63, 3.8) is 0 Å². The summed E-state index contributed by atoms with van der Waals surface area (Å²) in [5, 5.41) is 2.99. The van der Waals surface area contributed by atoms with Gasteiger partial charge in [-0.25, -0.2) is 14.0 Å². The third kappa shape index (κ3) is 2.71. The third-order valence-electron chi connectivity index (χ3n) is 4.37. The highest BCUT2D eigenvalue weighted by molar-refractivity contribution is 6.01. The maximum atomic E-state index is 14.3. The molecule has 0 saturated heterocycles. The fourth-order valence-electron chi connectivity index (χ4n) is 3.30. The van der Waals surface area contributed by atoms with Gasteiger partial charge in [-0.05, 0) is 24.1 Å². The standard InChI is InChI=1S/C18H16FNO5/c1-9-14(17(22)24-2)15(16-13(20-9)8-25-18(16)23)11-4-3-5-12(19)10(11)6-7-21/h3-5,7,15,20H,6,8H2,1-2H3/t15-/m0/s1. The van der Waals surface area contributed by atoms with Gasteiger partial charge >= 0.3 is 11.9 Å². The lowest BCUT2D eigenvalue weighted by Crippen LogP contribution is -2.30. The van der Waals surface area contributed by atoms with Gasteiger partial charge in [0.25, 0.3) is 0 Å². The summed E-state index contributed by atoms with van der Waals surface area (Å²) < 4.78 is 24.2. The molecule has 0 spiro atoms. The van der Waals surface area contributed by atoms with E-state index in [1.165, 1.54) is 19.2 Å². The van der Waals surface area contributed by atoms with Crippen LogP contribution in [0.4, 0.5) is 4.39 Å². The van der Waals surface area contributed by atoms with E-state index in [2.05, 4.69) is 5.32 Å². The molecule has 1 atom stereocenters. The van der Waals surface area contributed by atoms with Gasteiger partial charge in [0, 0.05) is 12.1 Å². The number of rotatable bonds is 4. The summed E-state index contributed by atoms with van der Waals surface area (Å²) in [6.07, 6.45) is 0.413. The fourth-order valence-corrected chi connectivity index (χ4v) is 3.30. The van der Waals surface area contributed by atoms with Gasteiger partial charge in [0.05, 0.1) is 29.9 Å². The zero-order chi connectivity index (χ0) is 18.1. The van der Waals surface area contributed by atoms with E-state index in [1.54, 1.807) is 13.0 Å². The van der Waals surface area contributed by atoms with Gasteiger partial charge in [-0.3, -0.25) is 0 Å². The molecule has 3 rings (SSSR count). The second-order valence-electron chi connectivity index (χ2n) is 5.74. The summed E-state index contributed by atoms with van der Waals surface area (Å²) in [6, 6.07) is 4.32. The van der Waals surface area contributed by atoms with E-state index in [0.29, 0.717) is 23.2 Å². The Morgan fingerprint density at radius 1 is 1.48 bits per heavy atom. The van der Waals surface area contributed by atoms with Crippen LogP contribution in [-0.2, 0) is 30.3 Å². The zero-order valence-corrected chi connectivity index (χ0v) is 13.7. The number of dihydropyridines is 1. The molecule has 0 fully saturated rings. The predicted molar refractivity (Wildman–Crippen MR) is 84.7 cm³/mol. The summed E-state index contributed by atoms with van der Waals surface area (Å²) in [5.41, 5.74) is 1.98. The quantitative estimate of drug-likeness (QED) is 0.658. The molecule has 1 aromatic carbocycles. The zero-order valence-electron chi connectivity index (χ0n) is 13.7. The first-order valence-electron chi connectivity index (χ1n) is 7.66. The Kier molecular flexibility index (Phi) is 4.39. The summed E-state index contributed by atoms with van der Waals surface area (Å²) >= 11 is 0. The molecule has 130 valence electrons. The Balaban J connectivity index is 2.26. The average Bonchev–Trinajstić information content (AvgIpc) is 2.95. The van der Waals surface area contributed by atoms with Crippen LogP contribution in [0.2, 0.25) is 0 Å². The molecule has 0 aliphatic carbocycles. The van der Waals surface area contributed by atoms with Gasteiger partial charge < -0.3 is 19.6 Å². The van der Waals surface area contributed by atoms with E-state index < -0.39 is 23.7 Å². The lowest BCUT2D eigenvalue weighted by molar-refractivity contribution is -0.136. The second kappa shape index (κ2) is 6.51. The van der Waals surface area contributed by atoms with Gasteiger partial charge in [0.15, 0.2) is 0 Å². The van der Waals surface area contributed by atoms with E-state index in [4.69, 9.17) is 9.47 Å². The first-order chi connectivity index (χ1) is 12.0. The molecule has 0 saturated carbocycles. The van der Waals surface area contributed by atoms with Crippen molar-refractivity contribution in [3.05, 3.63) is 57.7 Å². The molecule has 25 heavy (non-hydrogen) atoms. The Morgan fingerprint density at radius 3 is 2.92 bits per heavy atom. The van der Waals surface area contributed by atoms with Crippen LogP contribution in [-0.4, -0.2) is 31.9 Å². The van der Waals surface area contributed by atoms with E-state index >= 15 is 0 Å². The van der Waals surface area contributed by atoms with E-state index in [-0.39, 0.29) is 29.7 Å². The number of methoxy groups -OCH3 is 1. The predicted octanol–water partition coefficient (Wildman–Crippen LogP) is 1.51. The first kappa shape index (κ1) is 16.9. The van der Waals surface area contributed by atoms with Crippen molar-refractivity contribution in [1.82, 2.24) is 5.32 Å². The molecule has 2 aliphatic heterocycles. The van der Waals surface area contributed by atoms with Crippen LogP contribution in [0.5, 0.6) is 0 Å². The molecule has 0 radical (unpaired) electrons. The maximum Gasteiger partial charge on any atom is 0.337 e. The Hall–Kier alpha value is -2.96. The Morgan fingerprint density at radius 2 is 2.24 bits per heavy atom. The number of ether oxygens (including phenoxy) is 2. The number of carbonyl (C=O) groups excluding carboxylic acids is 3. The van der Waals surface area contributed by atoms with Crippen molar-refractivity contribution in [2.75, 3.05) is 13.7 Å². The Bertz CT molecular complexity index is 840. The molecule has 2 aliphatic rings. The molecule has 0 unspecified atom stereocenters. The molecule has 0 amide bonds. The van der Waals surface area contributed by atoms with Crippen LogP contribution in [0, 0.1) is 5.82 Å². The number of hydrogen-bond donors (Lipinski definition) is 1. The van der Waals surface area contributed by atoms with E-state index in [9.17, 15) is 18.8 Å². The maximum absolute atomic E-state index is 14.3.